The van der Waals surface area contributed by atoms with Gasteiger partial charge >= 0.3 is 0 Å². The largest absolute Gasteiger partial charge is 0.378 e. The molecule has 0 bridgehead atoms. The number of rotatable bonds is 12. The molecular weight excluding hydrogens is 444 g/mol. The molecule has 0 aliphatic rings. The highest BCUT2D eigenvalue weighted by molar-refractivity contribution is 6.04. The van der Waals surface area contributed by atoms with Gasteiger partial charge in [-0.05, 0) is 49.2 Å². The molecule has 0 saturated heterocycles. The van der Waals surface area contributed by atoms with Gasteiger partial charge in [0, 0.05) is 55.7 Å². The molecule has 3 N–H and O–H groups in total. The van der Waals surface area contributed by atoms with Crippen molar-refractivity contribution in [2.45, 2.75) is 38.5 Å². The highest BCUT2D eigenvalue weighted by Gasteiger charge is 2.23. The van der Waals surface area contributed by atoms with Crippen molar-refractivity contribution in [3.63, 3.8) is 0 Å². The summed E-state index contributed by atoms with van der Waals surface area (Å²) in [6, 6.07) is 16.7. The minimum atomic E-state index is -0.526. The number of Topliss-reactive ketones (excluding diaryl/α,β-unsaturated/α-hetero) is 1. The second-order valence-electron chi connectivity index (χ2n) is 8.77. The van der Waals surface area contributed by atoms with E-state index < -0.39 is 11.8 Å². The van der Waals surface area contributed by atoms with Crippen molar-refractivity contribution in [1.29, 1.82) is 0 Å². The Kier molecular flexibility index (Phi) is 9.31. The van der Waals surface area contributed by atoms with Crippen LogP contribution in [0.2, 0.25) is 0 Å². The Balaban J connectivity index is 1.71. The fraction of sp³-hybridized carbons (Fsp3) is 0.333. The summed E-state index contributed by atoms with van der Waals surface area (Å²) in [4.78, 5) is 43.9. The van der Waals surface area contributed by atoms with Gasteiger partial charge in [-0.1, -0.05) is 31.0 Å². The van der Waals surface area contributed by atoms with E-state index in [1.165, 1.54) is 0 Å². The zero-order valence-electron chi connectivity index (χ0n) is 20.2. The quantitative estimate of drug-likeness (QED) is 0.153. The van der Waals surface area contributed by atoms with Crippen LogP contribution in [-0.2, 0) is 9.59 Å². The number of aromatic nitrogens is 1. The third-order valence-electron chi connectivity index (χ3n) is 5.98. The number of carbonyl (C=O) groups is 3. The lowest BCUT2D eigenvalue weighted by Crippen LogP contribution is -2.25. The molecule has 0 unspecified atom stereocenters. The number of hydrogen-bond acceptors (Lipinski definition) is 6. The summed E-state index contributed by atoms with van der Waals surface area (Å²) in [5.74, 6) is -1.28. The molecule has 3 rings (SSSR count). The van der Waals surface area contributed by atoms with Gasteiger partial charge < -0.3 is 10.2 Å². The molecule has 0 saturated carbocycles. The Labute approximate surface area is 205 Å². The lowest BCUT2D eigenvalue weighted by atomic mass is 9.92. The van der Waals surface area contributed by atoms with E-state index in [1.807, 2.05) is 55.4 Å². The molecule has 1 atom stereocenters. The number of nitrogens with one attached hydrogen (secondary N) is 2. The average Bonchev–Trinajstić information content (AvgIpc) is 2.87. The molecule has 2 aromatic carbocycles. The third-order valence-corrected chi connectivity index (χ3v) is 5.98. The normalized spacial score (nSPS) is 11.6. The second-order valence-corrected chi connectivity index (χ2v) is 8.77. The van der Waals surface area contributed by atoms with E-state index in [0.717, 1.165) is 11.1 Å². The highest BCUT2D eigenvalue weighted by Crippen LogP contribution is 2.24. The molecule has 1 heterocycles. The molecule has 8 heteroatoms. The van der Waals surface area contributed by atoms with Gasteiger partial charge in [-0.3, -0.25) is 24.6 Å². The number of hydrogen-bond donors (Lipinski definition) is 3. The monoisotopic (exact) mass is 476 g/mol. The first-order valence-corrected chi connectivity index (χ1v) is 11.8. The van der Waals surface area contributed by atoms with Crippen LogP contribution in [-0.4, -0.2) is 41.9 Å². The van der Waals surface area contributed by atoms with Crippen LogP contribution in [0, 0.1) is 5.92 Å². The number of benzene rings is 2. The van der Waals surface area contributed by atoms with Crippen molar-refractivity contribution in [3.05, 3.63) is 66.4 Å². The first-order valence-electron chi connectivity index (χ1n) is 11.8. The molecule has 0 aliphatic heterocycles. The summed E-state index contributed by atoms with van der Waals surface area (Å²) < 4.78 is 0. The Morgan fingerprint density at radius 3 is 2.43 bits per heavy atom. The molecule has 0 radical (unpaired) electrons. The number of fused-ring (bicyclic) bond motifs is 1. The molecule has 3 aromatic rings. The maximum atomic E-state index is 13.3. The number of amides is 2. The van der Waals surface area contributed by atoms with Crippen LogP contribution >= 0.6 is 0 Å². The second kappa shape index (κ2) is 12.6. The number of ketones is 1. The van der Waals surface area contributed by atoms with Crippen molar-refractivity contribution >= 4 is 39.9 Å². The third kappa shape index (κ3) is 7.35. The van der Waals surface area contributed by atoms with Gasteiger partial charge in [0.1, 0.15) is 0 Å². The summed E-state index contributed by atoms with van der Waals surface area (Å²) in [5, 5.41) is 12.5. The first kappa shape index (κ1) is 25.8. The predicted octanol–water partition coefficient (Wildman–Crippen LogP) is 4.58. The molecule has 8 nitrogen and oxygen atoms in total. The molecule has 1 aromatic heterocycles. The van der Waals surface area contributed by atoms with Crippen molar-refractivity contribution in [1.82, 2.24) is 10.5 Å². The van der Waals surface area contributed by atoms with Crippen LogP contribution in [0.5, 0.6) is 0 Å². The van der Waals surface area contributed by atoms with E-state index in [2.05, 4.69) is 10.3 Å². The molecule has 0 fully saturated rings. The standard InChI is InChI=1S/C27H32N4O4/c1-31(2)22-15-13-19(14-16-22)24(32)18-21(8-4-3-5-12-25(33)30-35)27(34)29-23-11-6-9-20-10-7-17-28-26(20)23/h6-7,9-11,13-17,21,35H,3-5,8,12,18H2,1-2H3,(H,29,34)(H,30,33)/t21-/m1/s1. The van der Waals surface area contributed by atoms with Crippen LogP contribution < -0.4 is 15.7 Å². The molecule has 2 amide bonds. The fourth-order valence-electron chi connectivity index (χ4n) is 3.96. The molecule has 35 heavy (non-hydrogen) atoms. The summed E-state index contributed by atoms with van der Waals surface area (Å²) >= 11 is 0. The van der Waals surface area contributed by atoms with Crippen molar-refractivity contribution < 1.29 is 19.6 Å². The Bertz CT molecular complexity index is 1160. The zero-order valence-corrected chi connectivity index (χ0v) is 20.2. The summed E-state index contributed by atoms with van der Waals surface area (Å²) in [6.45, 7) is 0. The van der Waals surface area contributed by atoms with Crippen molar-refractivity contribution in [3.8, 4) is 0 Å². The maximum Gasteiger partial charge on any atom is 0.243 e. The smallest absolute Gasteiger partial charge is 0.243 e. The topological polar surface area (TPSA) is 112 Å². The van der Waals surface area contributed by atoms with E-state index in [-0.39, 0.29) is 24.5 Å². The fourth-order valence-corrected chi connectivity index (χ4v) is 3.96. The van der Waals surface area contributed by atoms with Gasteiger partial charge in [-0.25, -0.2) is 5.48 Å². The van der Waals surface area contributed by atoms with E-state index in [9.17, 15) is 14.4 Å². The van der Waals surface area contributed by atoms with Crippen LogP contribution in [0.3, 0.4) is 0 Å². The highest BCUT2D eigenvalue weighted by atomic mass is 16.5. The summed E-state index contributed by atoms with van der Waals surface area (Å²) in [7, 11) is 3.87. The minimum absolute atomic E-state index is 0.0858. The lowest BCUT2D eigenvalue weighted by Gasteiger charge is -2.18. The maximum absolute atomic E-state index is 13.3. The molecule has 0 spiro atoms. The van der Waals surface area contributed by atoms with Gasteiger partial charge in [0.25, 0.3) is 0 Å². The van der Waals surface area contributed by atoms with Crippen LogP contribution in [0.25, 0.3) is 10.9 Å². The number of carbonyl (C=O) groups excluding carboxylic acids is 3. The number of anilines is 2. The van der Waals surface area contributed by atoms with Gasteiger partial charge in [-0.15, -0.1) is 0 Å². The van der Waals surface area contributed by atoms with E-state index >= 15 is 0 Å². The van der Waals surface area contributed by atoms with Gasteiger partial charge in [0.05, 0.1) is 11.2 Å². The van der Waals surface area contributed by atoms with Gasteiger partial charge in [0.2, 0.25) is 11.8 Å². The lowest BCUT2D eigenvalue weighted by molar-refractivity contribution is -0.129. The molecule has 0 aliphatic carbocycles. The number of nitrogens with zero attached hydrogens (tertiary/aromatic N) is 2. The SMILES string of the molecule is CN(C)c1ccc(C(=O)C[C@@H](CCCCCC(=O)NO)C(=O)Nc2cccc3cccnc23)cc1. The van der Waals surface area contributed by atoms with Crippen LogP contribution in [0.15, 0.2) is 60.8 Å². The zero-order chi connectivity index (χ0) is 25.2. The van der Waals surface area contributed by atoms with Crippen LogP contribution in [0.4, 0.5) is 11.4 Å². The summed E-state index contributed by atoms with van der Waals surface area (Å²) in [6.07, 6.45) is 4.46. The first-order chi connectivity index (χ1) is 16.9. The Hall–Kier alpha value is -3.78. The number of hydroxylamine groups is 1. The Morgan fingerprint density at radius 2 is 1.71 bits per heavy atom. The van der Waals surface area contributed by atoms with Gasteiger partial charge in [0.15, 0.2) is 5.78 Å². The average molecular weight is 477 g/mol. The van der Waals surface area contributed by atoms with Crippen molar-refractivity contribution in [2.75, 3.05) is 24.3 Å². The summed E-state index contributed by atoms with van der Waals surface area (Å²) in [5.41, 5.74) is 4.49. The van der Waals surface area contributed by atoms with Crippen LogP contribution in [0.1, 0.15) is 48.9 Å². The number of unbranched alkanes of at least 4 members (excludes halogenated alkanes) is 2. The van der Waals surface area contributed by atoms with E-state index in [0.29, 0.717) is 42.5 Å². The van der Waals surface area contributed by atoms with Gasteiger partial charge in [-0.2, -0.15) is 0 Å². The predicted molar refractivity (Wildman–Crippen MR) is 137 cm³/mol. The Morgan fingerprint density at radius 1 is 0.971 bits per heavy atom. The minimum Gasteiger partial charge on any atom is -0.378 e. The molecular formula is C27H32N4O4. The number of para-hydroxylation sites is 1. The van der Waals surface area contributed by atoms with E-state index in [4.69, 9.17) is 5.21 Å². The van der Waals surface area contributed by atoms with E-state index in [1.54, 1.807) is 29.9 Å². The van der Waals surface area contributed by atoms with Crippen molar-refractivity contribution in [2.24, 2.45) is 5.92 Å². The number of pyridine rings is 1. The molecule has 184 valence electrons.